The number of benzene rings is 1. The number of carboxylic acid groups (broad SMARTS) is 1. The number of nitrogens with zero attached hydrogens (tertiary/aromatic N) is 2. The molecule has 116 valence electrons. The summed E-state index contributed by atoms with van der Waals surface area (Å²) in [4.78, 5) is 23.2. The molecule has 6 nitrogen and oxygen atoms in total. The van der Waals surface area contributed by atoms with E-state index < -0.39 is 16.9 Å². The number of hydrogen-bond donors (Lipinski definition) is 1. The number of carboxylic acids is 1. The number of nitro groups is 1. The molecular weight excluding hydrogens is 319 g/mol. The molecule has 0 unspecified atom stereocenters. The van der Waals surface area contributed by atoms with Crippen LogP contribution in [0.3, 0.4) is 0 Å². The summed E-state index contributed by atoms with van der Waals surface area (Å²) in [5, 5.41) is 20.0. The number of alkyl halides is 2. The lowest BCUT2D eigenvalue weighted by Gasteiger charge is -2.27. The molecule has 21 heavy (non-hydrogen) atoms. The van der Waals surface area contributed by atoms with Crippen molar-refractivity contribution >= 4 is 34.9 Å². The summed E-state index contributed by atoms with van der Waals surface area (Å²) in [6.45, 7) is 0.830. The molecule has 1 rings (SSSR count). The molecule has 1 aromatic rings. The van der Waals surface area contributed by atoms with Gasteiger partial charge in [0.15, 0.2) is 0 Å². The molecule has 0 saturated carbocycles. The first-order valence-corrected chi connectivity index (χ1v) is 7.38. The van der Waals surface area contributed by atoms with E-state index in [0.29, 0.717) is 30.4 Å². The van der Waals surface area contributed by atoms with Gasteiger partial charge in [-0.2, -0.15) is 0 Å². The van der Waals surface area contributed by atoms with Gasteiger partial charge in [-0.1, -0.05) is 12.1 Å². The lowest BCUT2D eigenvalue weighted by Crippen LogP contribution is -2.44. The Hall–Kier alpha value is -1.37. The van der Waals surface area contributed by atoms with Crippen molar-refractivity contribution in [3.8, 4) is 0 Å². The number of hydrogen-bond acceptors (Lipinski definition) is 4. The van der Waals surface area contributed by atoms with E-state index in [4.69, 9.17) is 23.2 Å². The first-order chi connectivity index (χ1) is 9.99. The van der Waals surface area contributed by atoms with Gasteiger partial charge in [-0.25, -0.2) is 0 Å². The highest BCUT2D eigenvalue weighted by Crippen LogP contribution is 2.15. The highest BCUT2D eigenvalue weighted by atomic mass is 35.5. The number of carbonyl (C=O) groups is 1. The Kier molecular flexibility index (Phi) is 7.42. The molecule has 0 aliphatic rings. The van der Waals surface area contributed by atoms with Crippen LogP contribution in [0, 0.1) is 10.1 Å². The van der Waals surface area contributed by atoms with Gasteiger partial charge < -0.3 is 5.11 Å². The highest BCUT2D eigenvalue weighted by molar-refractivity contribution is 6.18. The predicted octanol–water partition coefficient (Wildman–Crippen LogP) is 2.37. The second-order valence-electron chi connectivity index (χ2n) is 4.40. The summed E-state index contributed by atoms with van der Waals surface area (Å²) in [6, 6.07) is 5.09. The van der Waals surface area contributed by atoms with Crippen LogP contribution in [-0.2, 0) is 11.2 Å². The topological polar surface area (TPSA) is 83.7 Å². The van der Waals surface area contributed by atoms with Gasteiger partial charge in [-0.05, 0) is 12.0 Å². The van der Waals surface area contributed by atoms with Crippen LogP contribution in [0.2, 0.25) is 0 Å². The average molecular weight is 335 g/mol. The van der Waals surface area contributed by atoms with Crippen LogP contribution in [0.15, 0.2) is 24.3 Å². The Labute approximate surface area is 132 Å². The third-order valence-corrected chi connectivity index (χ3v) is 3.38. The van der Waals surface area contributed by atoms with Crippen molar-refractivity contribution in [3.05, 3.63) is 39.9 Å². The molecular formula is C13H16Cl2N2O4. The second-order valence-corrected chi connectivity index (χ2v) is 5.15. The Morgan fingerprint density at radius 1 is 1.24 bits per heavy atom. The van der Waals surface area contributed by atoms with Gasteiger partial charge in [0.25, 0.3) is 5.69 Å². The molecule has 8 heteroatoms. The summed E-state index contributed by atoms with van der Waals surface area (Å²) < 4.78 is 0. The van der Waals surface area contributed by atoms with Crippen molar-refractivity contribution in [2.24, 2.45) is 0 Å². The van der Waals surface area contributed by atoms with Crippen molar-refractivity contribution in [2.45, 2.75) is 12.5 Å². The summed E-state index contributed by atoms with van der Waals surface area (Å²) in [6.07, 6.45) is 0.237. The van der Waals surface area contributed by atoms with Gasteiger partial charge in [0, 0.05) is 37.0 Å². The van der Waals surface area contributed by atoms with Crippen molar-refractivity contribution in [1.82, 2.24) is 4.90 Å². The van der Waals surface area contributed by atoms with Crippen LogP contribution in [-0.4, -0.2) is 51.8 Å². The van der Waals surface area contributed by atoms with E-state index in [2.05, 4.69) is 0 Å². The number of halogens is 2. The Morgan fingerprint density at radius 2 is 1.76 bits per heavy atom. The van der Waals surface area contributed by atoms with E-state index in [1.54, 1.807) is 17.0 Å². The predicted molar refractivity (Wildman–Crippen MR) is 81.2 cm³/mol. The molecule has 0 saturated heterocycles. The zero-order valence-corrected chi connectivity index (χ0v) is 12.8. The standard InChI is InChI=1S/C13H16Cl2N2O4/c14-5-7-16(8-6-15)12(13(18)19)9-10-1-3-11(4-2-10)17(20)21/h1-4,12H,5-9H2,(H,18,19)/t12-/m0/s1. The van der Waals surface area contributed by atoms with E-state index >= 15 is 0 Å². The van der Waals surface area contributed by atoms with Crippen molar-refractivity contribution in [2.75, 3.05) is 24.8 Å². The second kappa shape index (κ2) is 8.81. The van der Waals surface area contributed by atoms with Crippen LogP contribution in [0.1, 0.15) is 5.56 Å². The minimum atomic E-state index is -0.969. The first kappa shape index (κ1) is 17.7. The molecule has 1 N–H and O–H groups in total. The molecule has 0 radical (unpaired) electrons. The Balaban J connectivity index is 2.86. The smallest absolute Gasteiger partial charge is 0.321 e. The number of rotatable bonds is 9. The first-order valence-electron chi connectivity index (χ1n) is 6.31. The van der Waals surface area contributed by atoms with Gasteiger partial charge in [0.1, 0.15) is 6.04 Å². The Morgan fingerprint density at radius 3 is 2.14 bits per heavy atom. The molecule has 0 aliphatic carbocycles. The van der Waals surface area contributed by atoms with Crippen molar-refractivity contribution < 1.29 is 14.8 Å². The van der Waals surface area contributed by atoms with Gasteiger partial charge in [-0.15, -0.1) is 23.2 Å². The maximum absolute atomic E-state index is 11.4. The molecule has 0 aromatic heterocycles. The number of non-ortho nitro benzene ring substituents is 1. The van der Waals surface area contributed by atoms with E-state index in [1.807, 2.05) is 0 Å². The fourth-order valence-corrected chi connectivity index (χ4v) is 2.42. The van der Waals surface area contributed by atoms with E-state index in [0.717, 1.165) is 0 Å². The summed E-state index contributed by atoms with van der Waals surface area (Å²) in [5.41, 5.74) is 0.686. The molecule has 0 heterocycles. The maximum atomic E-state index is 11.4. The summed E-state index contributed by atoms with van der Waals surface area (Å²) in [5.74, 6) is -0.356. The lowest BCUT2D eigenvalue weighted by molar-refractivity contribution is -0.384. The van der Waals surface area contributed by atoms with Gasteiger partial charge in [0.05, 0.1) is 4.92 Å². The highest BCUT2D eigenvalue weighted by Gasteiger charge is 2.25. The van der Waals surface area contributed by atoms with Gasteiger partial charge >= 0.3 is 5.97 Å². The Bertz CT molecular complexity index is 476. The molecule has 0 bridgehead atoms. The summed E-state index contributed by atoms with van der Waals surface area (Å²) in [7, 11) is 0. The van der Waals surface area contributed by atoms with Crippen molar-refractivity contribution in [3.63, 3.8) is 0 Å². The molecule has 0 amide bonds. The minimum absolute atomic E-state index is 0.0241. The zero-order chi connectivity index (χ0) is 15.8. The van der Waals surface area contributed by atoms with E-state index in [-0.39, 0.29) is 12.1 Å². The maximum Gasteiger partial charge on any atom is 0.321 e. The quantitative estimate of drug-likeness (QED) is 0.425. The van der Waals surface area contributed by atoms with Gasteiger partial charge in [0.2, 0.25) is 0 Å². The fraction of sp³-hybridized carbons (Fsp3) is 0.462. The third kappa shape index (κ3) is 5.49. The van der Waals surface area contributed by atoms with E-state index in [1.165, 1.54) is 12.1 Å². The molecule has 0 aliphatic heterocycles. The van der Waals surface area contributed by atoms with Crippen LogP contribution < -0.4 is 0 Å². The van der Waals surface area contributed by atoms with Crippen LogP contribution in [0.25, 0.3) is 0 Å². The molecule has 0 spiro atoms. The largest absolute Gasteiger partial charge is 0.480 e. The number of aliphatic carboxylic acids is 1. The normalized spacial score (nSPS) is 12.3. The minimum Gasteiger partial charge on any atom is -0.480 e. The third-order valence-electron chi connectivity index (χ3n) is 3.05. The lowest BCUT2D eigenvalue weighted by atomic mass is 10.0. The molecule has 1 atom stereocenters. The summed E-state index contributed by atoms with van der Waals surface area (Å²) >= 11 is 11.4. The van der Waals surface area contributed by atoms with E-state index in [9.17, 15) is 20.0 Å². The molecule has 1 aromatic carbocycles. The van der Waals surface area contributed by atoms with Crippen LogP contribution in [0.5, 0.6) is 0 Å². The zero-order valence-electron chi connectivity index (χ0n) is 11.2. The SMILES string of the molecule is O=C(O)[C@H](Cc1ccc([N+](=O)[O-])cc1)N(CCCl)CCCl. The molecule has 0 fully saturated rings. The fourth-order valence-electron chi connectivity index (χ4n) is 1.99. The van der Waals surface area contributed by atoms with Gasteiger partial charge in [-0.3, -0.25) is 19.8 Å². The average Bonchev–Trinajstić information content (AvgIpc) is 2.45. The van der Waals surface area contributed by atoms with Crippen LogP contribution in [0.4, 0.5) is 5.69 Å². The number of nitro benzene ring substituents is 1. The van der Waals surface area contributed by atoms with Crippen molar-refractivity contribution in [1.29, 1.82) is 0 Å². The van der Waals surface area contributed by atoms with Crippen LogP contribution >= 0.6 is 23.2 Å². The monoisotopic (exact) mass is 334 g/mol.